The lowest BCUT2D eigenvalue weighted by Gasteiger charge is -2.31. The summed E-state index contributed by atoms with van der Waals surface area (Å²) < 4.78 is 0. The molecule has 0 radical (unpaired) electrons. The third kappa shape index (κ3) is 4.43. The molecule has 1 aromatic carbocycles. The number of anilines is 1. The van der Waals surface area contributed by atoms with Crippen LogP contribution in [0.2, 0.25) is 0 Å². The predicted octanol–water partition coefficient (Wildman–Crippen LogP) is 3.40. The number of thiophene rings is 1. The Morgan fingerprint density at radius 2 is 1.86 bits per heavy atom. The molecule has 1 aliphatic rings. The first-order chi connectivity index (χ1) is 14.1. The summed E-state index contributed by atoms with van der Waals surface area (Å²) in [7, 11) is 0. The lowest BCUT2D eigenvalue weighted by Crippen LogP contribution is -2.41. The van der Waals surface area contributed by atoms with Crippen molar-refractivity contribution in [3.8, 4) is 17.1 Å². The number of nitrogens with one attached hydrogen (secondary N) is 1. The van der Waals surface area contributed by atoms with Gasteiger partial charge in [-0.05, 0) is 36.4 Å². The van der Waals surface area contributed by atoms with E-state index in [0.717, 1.165) is 4.88 Å². The highest BCUT2D eigenvalue weighted by Crippen LogP contribution is 2.23. The average Bonchev–Trinajstić information content (AvgIpc) is 3.29. The molecule has 1 fully saturated rings. The van der Waals surface area contributed by atoms with Gasteiger partial charge < -0.3 is 15.3 Å². The van der Waals surface area contributed by atoms with Crippen molar-refractivity contribution in [1.82, 2.24) is 14.9 Å². The Morgan fingerprint density at radius 1 is 1.10 bits per heavy atom. The molecule has 0 bridgehead atoms. The van der Waals surface area contributed by atoms with Gasteiger partial charge >= 0.3 is 0 Å². The Kier molecular flexibility index (Phi) is 5.53. The Bertz CT molecular complexity index is 997. The topological polar surface area (TPSA) is 95.4 Å². The fourth-order valence-corrected chi connectivity index (χ4v) is 4.02. The zero-order valence-corrected chi connectivity index (χ0v) is 16.4. The molecule has 0 unspecified atom stereocenters. The average molecular weight is 408 g/mol. The fraction of sp³-hybridized carbons (Fsp3) is 0.238. The molecule has 0 saturated carbocycles. The lowest BCUT2D eigenvalue weighted by molar-refractivity contribution is -0.121. The number of phenolic OH excluding ortho intramolecular Hbond substituents is 1. The highest BCUT2D eigenvalue weighted by atomic mass is 32.1. The molecule has 8 heteroatoms. The van der Waals surface area contributed by atoms with E-state index in [1.807, 2.05) is 22.4 Å². The van der Waals surface area contributed by atoms with Crippen LogP contribution < -0.4 is 5.32 Å². The number of rotatable bonds is 4. The van der Waals surface area contributed by atoms with E-state index in [2.05, 4.69) is 15.3 Å². The molecule has 3 aromatic rings. The number of phenols is 1. The van der Waals surface area contributed by atoms with Gasteiger partial charge in [0.2, 0.25) is 5.91 Å². The summed E-state index contributed by atoms with van der Waals surface area (Å²) in [5.41, 5.74) is 1.22. The SMILES string of the molecule is O=C(Nc1cnc(-c2cccc(O)c2)nc1)C1CCN(C(=O)c2cccs2)CC1. The van der Waals surface area contributed by atoms with Crippen LogP contribution in [-0.2, 0) is 4.79 Å². The second-order valence-electron chi connectivity index (χ2n) is 6.88. The van der Waals surface area contributed by atoms with Gasteiger partial charge in [0.1, 0.15) is 5.75 Å². The smallest absolute Gasteiger partial charge is 0.263 e. The molecule has 2 N–H and O–H groups in total. The van der Waals surface area contributed by atoms with Crippen LogP contribution in [0.5, 0.6) is 5.75 Å². The number of aromatic nitrogens is 2. The maximum Gasteiger partial charge on any atom is 0.263 e. The summed E-state index contributed by atoms with van der Waals surface area (Å²) in [4.78, 5) is 36.0. The van der Waals surface area contributed by atoms with Gasteiger partial charge in [-0.25, -0.2) is 9.97 Å². The van der Waals surface area contributed by atoms with Gasteiger partial charge in [0.05, 0.1) is 23.0 Å². The van der Waals surface area contributed by atoms with E-state index < -0.39 is 0 Å². The van der Waals surface area contributed by atoms with E-state index in [0.29, 0.717) is 43.0 Å². The molecule has 7 nitrogen and oxygen atoms in total. The number of nitrogens with zero attached hydrogens (tertiary/aromatic N) is 3. The minimum atomic E-state index is -0.145. The number of carbonyl (C=O) groups excluding carboxylic acids is 2. The number of amides is 2. The number of hydrogen-bond donors (Lipinski definition) is 2. The number of benzene rings is 1. The Hall–Kier alpha value is -3.26. The lowest BCUT2D eigenvalue weighted by atomic mass is 9.95. The predicted molar refractivity (Wildman–Crippen MR) is 111 cm³/mol. The van der Waals surface area contributed by atoms with Gasteiger partial charge in [-0.2, -0.15) is 0 Å². The summed E-state index contributed by atoms with van der Waals surface area (Å²) >= 11 is 1.44. The maximum atomic E-state index is 12.6. The summed E-state index contributed by atoms with van der Waals surface area (Å²) in [6.07, 6.45) is 4.37. The van der Waals surface area contributed by atoms with Gasteiger partial charge in [0, 0.05) is 24.6 Å². The molecule has 4 rings (SSSR count). The van der Waals surface area contributed by atoms with Gasteiger partial charge in [-0.1, -0.05) is 18.2 Å². The minimum absolute atomic E-state index is 0.0368. The molecule has 3 heterocycles. The molecule has 2 aromatic heterocycles. The second-order valence-corrected chi connectivity index (χ2v) is 7.83. The molecule has 1 aliphatic heterocycles. The van der Waals surface area contributed by atoms with Crippen molar-refractivity contribution >= 4 is 28.8 Å². The van der Waals surface area contributed by atoms with Crippen LogP contribution in [0.15, 0.2) is 54.2 Å². The van der Waals surface area contributed by atoms with Gasteiger partial charge in [-0.15, -0.1) is 11.3 Å². The van der Waals surface area contributed by atoms with Crippen LogP contribution in [0.25, 0.3) is 11.4 Å². The monoisotopic (exact) mass is 408 g/mol. The molecule has 0 aliphatic carbocycles. The maximum absolute atomic E-state index is 12.6. The normalized spacial score (nSPS) is 14.6. The minimum Gasteiger partial charge on any atom is -0.508 e. The number of hydrogen-bond acceptors (Lipinski definition) is 6. The van der Waals surface area contributed by atoms with Crippen LogP contribution >= 0.6 is 11.3 Å². The quantitative estimate of drug-likeness (QED) is 0.690. The standard InChI is InChI=1S/C21H20N4O3S/c26-17-4-1-3-15(11-17)19-22-12-16(13-23-19)24-20(27)14-6-8-25(9-7-14)21(28)18-5-2-10-29-18/h1-5,10-14,26H,6-9H2,(H,24,27). The van der Waals surface area contributed by atoms with E-state index in [1.54, 1.807) is 36.7 Å². The van der Waals surface area contributed by atoms with Crippen LogP contribution in [0.4, 0.5) is 5.69 Å². The highest BCUT2D eigenvalue weighted by Gasteiger charge is 2.28. The van der Waals surface area contributed by atoms with E-state index >= 15 is 0 Å². The third-order valence-electron chi connectivity index (χ3n) is 4.91. The van der Waals surface area contributed by atoms with Gasteiger partial charge in [-0.3, -0.25) is 9.59 Å². The first kappa shape index (κ1) is 19.1. The molecular formula is C21H20N4O3S. The first-order valence-corrected chi connectivity index (χ1v) is 10.2. The number of carbonyl (C=O) groups is 2. The third-order valence-corrected chi connectivity index (χ3v) is 5.77. The van der Waals surface area contributed by atoms with Crippen molar-refractivity contribution in [2.45, 2.75) is 12.8 Å². The Balaban J connectivity index is 1.32. The van der Waals surface area contributed by atoms with Crippen LogP contribution in [0.1, 0.15) is 22.5 Å². The second kappa shape index (κ2) is 8.40. The summed E-state index contributed by atoms with van der Waals surface area (Å²) in [6, 6.07) is 10.4. The molecule has 148 valence electrons. The van der Waals surface area contributed by atoms with Crippen molar-refractivity contribution in [2.24, 2.45) is 5.92 Å². The number of aromatic hydroxyl groups is 1. The molecule has 0 atom stereocenters. The van der Waals surface area contributed by atoms with Gasteiger partial charge in [0.15, 0.2) is 5.82 Å². The molecule has 0 spiro atoms. The molecule has 1 saturated heterocycles. The Morgan fingerprint density at radius 3 is 2.52 bits per heavy atom. The number of likely N-dealkylation sites (tertiary alicyclic amines) is 1. The van der Waals surface area contributed by atoms with E-state index in [-0.39, 0.29) is 23.5 Å². The zero-order valence-electron chi connectivity index (χ0n) is 15.6. The van der Waals surface area contributed by atoms with Crippen molar-refractivity contribution in [1.29, 1.82) is 0 Å². The Labute approximate surface area is 172 Å². The summed E-state index contributed by atoms with van der Waals surface area (Å²) in [5, 5.41) is 14.3. The van der Waals surface area contributed by atoms with Crippen LogP contribution in [0, 0.1) is 5.92 Å². The van der Waals surface area contributed by atoms with Crippen molar-refractivity contribution in [3.63, 3.8) is 0 Å². The van der Waals surface area contributed by atoms with E-state index in [9.17, 15) is 14.7 Å². The summed E-state index contributed by atoms with van der Waals surface area (Å²) in [5.74, 6) is 0.427. The van der Waals surface area contributed by atoms with E-state index in [1.165, 1.54) is 11.3 Å². The fourth-order valence-electron chi connectivity index (χ4n) is 3.33. The highest BCUT2D eigenvalue weighted by molar-refractivity contribution is 7.12. The number of piperidine rings is 1. The van der Waals surface area contributed by atoms with E-state index in [4.69, 9.17) is 0 Å². The van der Waals surface area contributed by atoms with Crippen molar-refractivity contribution < 1.29 is 14.7 Å². The molecule has 2 amide bonds. The van der Waals surface area contributed by atoms with Crippen molar-refractivity contribution in [3.05, 3.63) is 59.0 Å². The van der Waals surface area contributed by atoms with Crippen molar-refractivity contribution in [2.75, 3.05) is 18.4 Å². The van der Waals surface area contributed by atoms with Crippen LogP contribution in [-0.4, -0.2) is 44.9 Å². The first-order valence-electron chi connectivity index (χ1n) is 9.35. The van der Waals surface area contributed by atoms with Crippen LogP contribution in [0.3, 0.4) is 0 Å². The molecular weight excluding hydrogens is 388 g/mol. The van der Waals surface area contributed by atoms with Gasteiger partial charge in [0.25, 0.3) is 5.91 Å². The largest absolute Gasteiger partial charge is 0.508 e. The summed E-state index contributed by atoms with van der Waals surface area (Å²) in [6.45, 7) is 1.14. The zero-order chi connectivity index (χ0) is 20.2. The molecule has 29 heavy (non-hydrogen) atoms.